The Hall–Kier alpha value is -2.43. The third kappa shape index (κ3) is 3.12. The van der Waals surface area contributed by atoms with Crippen LogP contribution in [-0.4, -0.2) is 18.0 Å². The summed E-state index contributed by atoms with van der Waals surface area (Å²) in [5, 5.41) is 2.69. The largest absolute Gasteiger partial charge is 0.496 e. The van der Waals surface area contributed by atoms with Crippen molar-refractivity contribution in [2.75, 3.05) is 12.4 Å². The van der Waals surface area contributed by atoms with E-state index in [1.807, 2.05) is 0 Å². The molecule has 2 aromatic rings. The van der Waals surface area contributed by atoms with E-state index in [1.54, 1.807) is 31.3 Å². The maximum Gasteiger partial charge on any atom is 0.225 e. The highest BCUT2D eigenvalue weighted by atomic mass is 19.1. The van der Waals surface area contributed by atoms with Crippen LogP contribution in [0.5, 0.6) is 5.75 Å². The number of anilines is 1. The molecule has 1 aromatic heterocycles. The predicted octanol–water partition coefficient (Wildman–Crippen LogP) is 3.24. The molecule has 0 bridgehead atoms. The monoisotopic (exact) mass is 274 g/mol. The molecule has 104 valence electrons. The standard InChI is InChI=1S/C15H15FN2O2/c1-3-15(19)18-14-8-10(6-7-17-14)12-5-4-11(16)9-13(12)20-2/h4-9H,3H2,1-2H3,(H,17,18,19). The Bertz CT molecular complexity index is 629. The van der Waals surface area contributed by atoms with Crippen LogP contribution >= 0.6 is 0 Å². The topological polar surface area (TPSA) is 51.2 Å². The van der Waals surface area contributed by atoms with E-state index in [0.717, 1.165) is 11.1 Å². The number of methoxy groups -OCH3 is 1. The quantitative estimate of drug-likeness (QED) is 0.931. The zero-order valence-corrected chi connectivity index (χ0v) is 11.3. The van der Waals surface area contributed by atoms with Crippen LogP contribution in [0.3, 0.4) is 0 Å². The number of nitrogens with one attached hydrogen (secondary N) is 1. The normalized spacial score (nSPS) is 10.2. The zero-order chi connectivity index (χ0) is 14.5. The van der Waals surface area contributed by atoms with Crippen LogP contribution in [0.25, 0.3) is 11.1 Å². The van der Waals surface area contributed by atoms with Gasteiger partial charge < -0.3 is 10.1 Å². The molecule has 0 radical (unpaired) electrons. The van der Waals surface area contributed by atoms with E-state index in [9.17, 15) is 9.18 Å². The van der Waals surface area contributed by atoms with Crippen LogP contribution in [-0.2, 0) is 4.79 Å². The van der Waals surface area contributed by atoms with Crippen LogP contribution in [0, 0.1) is 5.82 Å². The van der Waals surface area contributed by atoms with Gasteiger partial charge in [0.15, 0.2) is 0 Å². The maximum atomic E-state index is 13.2. The molecule has 0 fully saturated rings. The molecule has 1 aromatic carbocycles. The van der Waals surface area contributed by atoms with E-state index < -0.39 is 0 Å². The lowest BCUT2D eigenvalue weighted by Gasteiger charge is -2.10. The maximum absolute atomic E-state index is 13.2. The summed E-state index contributed by atoms with van der Waals surface area (Å²) < 4.78 is 18.4. The Labute approximate surface area is 116 Å². The molecule has 1 N–H and O–H groups in total. The van der Waals surface area contributed by atoms with Crippen molar-refractivity contribution in [2.45, 2.75) is 13.3 Å². The van der Waals surface area contributed by atoms with Gasteiger partial charge in [-0.3, -0.25) is 4.79 Å². The van der Waals surface area contributed by atoms with Crippen molar-refractivity contribution < 1.29 is 13.9 Å². The lowest BCUT2D eigenvalue weighted by atomic mass is 10.1. The molecule has 0 atom stereocenters. The molecule has 0 saturated heterocycles. The fraction of sp³-hybridized carbons (Fsp3) is 0.200. The minimum absolute atomic E-state index is 0.110. The first-order chi connectivity index (χ1) is 9.63. The minimum atomic E-state index is -0.362. The summed E-state index contributed by atoms with van der Waals surface area (Å²) in [5.74, 6) is 0.421. The van der Waals surface area contributed by atoms with Gasteiger partial charge in [0.05, 0.1) is 7.11 Å². The fourth-order valence-corrected chi connectivity index (χ4v) is 1.80. The van der Waals surface area contributed by atoms with E-state index in [4.69, 9.17) is 4.74 Å². The van der Waals surface area contributed by atoms with Gasteiger partial charge in [0, 0.05) is 24.2 Å². The highest BCUT2D eigenvalue weighted by Crippen LogP contribution is 2.31. The molecule has 1 heterocycles. The third-order valence-corrected chi connectivity index (χ3v) is 2.82. The third-order valence-electron chi connectivity index (χ3n) is 2.82. The molecule has 0 aliphatic carbocycles. The van der Waals surface area contributed by atoms with Gasteiger partial charge in [0.2, 0.25) is 5.91 Å². The Balaban J connectivity index is 2.38. The van der Waals surface area contributed by atoms with Crippen LogP contribution in [0.4, 0.5) is 10.2 Å². The van der Waals surface area contributed by atoms with Gasteiger partial charge in [-0.1, -0.05) is 6.92 Å². The first-order valence-corrected chi connectivity index (χ1v) is 6.24. The molecule has 0 unspecified atom stereocenters. The van der Waals surface area contributed by atoms with Gasteiger partial charge in [-0.15, -0.1) is 0 Å². The number of carbonyl (C=O) groups is 1. The molecular formula is C15H15FN2O2. The van der Waals surface area contributed by atoms with Crippen LogP contribution in [0.1, 0.15) is 13.3 Å². The second-order valence-electron chi connectivity index (χ2n) is 4.18. The van der Waals surface area contributed by atoms with Crippen molar-refractivity contribution in [3.63, 3.8) is 0 Å². The van der Waals surface area contributed by atoms with Gasteiger partial charge in [-0.25, -0.2) is 9.37 Å². The number of halogens is 1. The van der Waals surface area contributed by atoms with E-state index in [-0.39, 0.29) is 11.7 Å². The fourth-order valence-electron chi connectivity index (χ4n) is 1.80. The van der Waals surface area contributed by atoms with E-state index in [0.29, 0.717) is 18.0 Å². The van der Waals surface area contributed by atoms with Gasteiger partial charge in [-0.2, -0.15) is 0 Å². The second-order valence-corrected chi connectivity index (χ2v) is 4.18. The van der Waals surface area contributed by atoms with Crippen molar-refractivity contribution in [1.29, 1.82) is 0 Å². The molecule has 0 saturated carbocycles. The summed E-state index contributed by atoms with van der Waals surface area (Å²) in [6.45, 7) is 1.77. The van der Waals surface area contributed by atoms with E-state index in [1.165, 1.54) is 19.2 Å². The molecule has 0 spiro atoms. The molecule has 5 heteroatoms. The summed E-state index contributed by atoms with van der Waals surface area (Å²) in [6, 6.07) is 7.82. The van der Waals surface area contributed by atoms with Gasteiger partial charge in [-0.05, 0) is 29.8 Å². The van der Waals surface area contributed by atoms with Crippen molar-refractivity contribution in [3.8, 4) is 16.9 Å². The Morgan fingerprint density at radius 3 is 2.85 bits per heavy atom. The highest BCUT2D eigenvalue weighted by Gasteiger charge is 2.09. The van der Waals surface area contributed by atoms with E-state index in [2.05, 4.69) is 10.3 Å². The number of rotatable bonds is 4. The number of benzene rings is 1. The molecule has 2 rings (SSSR count). The summed E-state index contributed by atoms with van der Waals surface area (Å²) in [7, 11) is 1.49. The number of nitrogens with zero attached hydrogens (tertiary/aromatic N) is 1. The molecule has 0 aliphatic rings. The van der Waals surface area contributed by atoms with Gasteiger partial charge in [0.1, 0.15) is 17.4 Å². The van der Waals surface area contributed by atoms with Crippen LogP contribution < -0.4 is 10.1 Å². The number of ether oxygens (including phenoxy) is 1. The Morgan fingerprint density at radius 2 is 2.15 bits per heavy atom. The molecule has 4 nitrogen and oxygen atoms in total. The summed E-state index contributed by atoms with van der Waals surface area (Å²) >= 11 is 0. The van der Waals surface area contributed by atoms with Crippen LogP contribution in [0.2, 0.25) is 0 Å². The van der Waals surface area contributed by atoms with E-state index >= 15 is 0 Å². The average molecular weight is 274 g/mol. The Kier molecular flexibility index (Phi) is 4.30. The highest BCUT2D eigenvalue weighted by molar-refractivity contribution is 5.90. The Morgan fingerprint density at radius 1 is 1.35 bits per heavy atom. The molecular weight excluding hydrogens is 259 g/mol. The summed E-state index contributed by atoms with van der Waals surface area (Å²) in [4.78, 5) is 15.5. The predicted molar refractivity (Wildman–Crippen MR) is 75.1 cm³/mol. The second kappa shape index (κ2) is 6.14. The molecule has 0 aliphatic heterocycles. The minimum Gasteiger partial charge on any atom is -0.496 e. The molecule has 1 amide bonds. The SMILES string of the molecule is CCC(=O)Nc1cc(-c2ccc(F)cc2OC)ccn1. The average Bonchev–Trinajstić information content (AvgIpc) is 2.47. The first-order valence-electron chi connectivity index (χ1n) is 6.24. The van der Waals surface area contributed by atoms with Crippen molar-refractivity contribution in [1.82, 2.24) is 4.98 Å². The van der Waals surface area contributed by atoms with Crippen molar-refractivity contribution >= 4 is 11.7 Å². The van der Waals surface area contributed by atoms with Crippen molar-refractivity contribution in [2.24, 2.45) is 0 Å². The number of amides is 1. The number of hydrogen-bond acceptors (Lipinski definition) is 3. The zero-order valence-electron chi connectivity index (χ0n) is 11.3. The van der Waals surface area contributed by atoms with Gasteiger partial charge in [0.25, 0.3) is 0 Å². The number of hydrogen-bond donors (Lipinski definition) is 1. The van der Waals surface area contributed by atoms with Gasteiger partial charge >= 0.3 is 0 Å². The first kappa shape index (κ1) is 14.0. The number of carbonyl (C=O) groups excluding carboxylic acids is 1. The smallest absolute Gasteiger partial charge is 0.225 e. The summed E-state index contributed by atoms with van der Waals surface area (Å²) in [6.07, 6.45) is 1.97. The number of aromatic nitrogens is 1. The summed E-state index contributed by atoms with van der Waals surface area (Å²) in [5.41, 5.74) is 1.53. The lowest BCUT2D eigenvalue weighted by molar-refractivity contribution is -0.115. The number of pyridine rings is 1. The molecule has 20 heavy (non-hydrogen) atoms. The van der Waals surface area contributed by atoms with Crippen molar-refractivity contribution in [3.05, 3.63) is 42.3 Å². The lowest BCUT2D eigenvalue weighted by Crippen LogP contribution is -2.10. The van der Waals surface area contributed by atoms with Crippen LogP contribution in [0.15, 0.2) is 36.5 Å².